The van der Waals surface area contributed by atoms with Crippen LogP contribution in [0.15, 0.2) is 79.9 Å². The van der Waals surface area contributed by atoms with Gasteiger partial charge in [0, 0.05) is 0 Å². The van der Waals surface area contributed by atoms with E-state index in [9.17, 15) is 0 Å². The summed E-state index contributed by atoms with van der Waals surface area (Å²) in [5.41, 5.74) is 6.94. The maximum absolute atomic E-state index is 3.30. The van der Waals surface area contributed by atoms with E-state index in [2.05, 4.69) is 86.8 Å². The van der Waals surface area contributed by atoms with Gasteiger partial charge in [-0.05, 0) is 6.42 Å². The van der Waals surface area contributed by atoms with Crippen LogP contribution in [0.4, 0.5) is 0 Å². The first-order valence-corrected chi connectivity index (χ1v) is 7.67. The monoisotopic (exact) mass is 446 g/mol. The number of benzene rings is 2. The second-order valence-electron chi connectivity index (χ2n) is 5.04. The Bertz CT molecular complexity index is 662. The minimum atomic E-state index is 0. The van der Waals surface area contributed by atoms with Crippen LogP contribution in [-0.2, 0) is 39.0 Å². The molecule has 0 amide bonds. The molecule has 0 spiro atoms. The van der Waals surface area contributed by atoms with Crippen molar-refractivity contribution in [3.63, 3.8) is 0 Å². The molecule has 128 valence electrons. The van der Waals surface area contributed by atoms with Gasteiger partial charge in [-0.3, -0.25) is 0 Å². The molecule has 0 heterocycles. The van der Waals surface area contributed by atoms with Gasteiger partial charge >= 0.3 is 26.2 Å². The molecule has 0 unspecified atom stereocenters. The van der Waals surface area contributed by atoms with E-state index in [4.69, 9.17) is 0 Å². The summed E-state index contributed by atoms with van der Waals surface area (Å²) in [4.78, 5) is 0. The molecule has 0 N–H and O–H groups in total. The smallest absolute Gasteiger partial charge is 1.00 e. The third-order valence-electron chi connectivity index (χ3n) is 3.76. The summed E-state index contributed by atoms with van der Waals surface area (Å²) in [5.74, 6) is 0. The molecule has 3 aromatic rings. The molecule has 3 heteroatoms. The first-order valence-electron chi connectivity index (χ1n) is 7.67. The van der Waals surface area contributed by atoms with E-state index in [0.29, 0.717) is 0 Å². The average Bonchev–Trinajstić information content (AvgIpc) is 3.24. The molecule has 0 saturated heterocycles. The van der Waals surface area contributed by atoms with Gasteiger partial charge < -0.3 is 24.8 Å². The molecule has 3 aromatic carbocycles. The number of aryl methyl sites for hydroxylation is 1. The van der Waals surface area contributed by atoms with Crippen LogP contribution in [-0.4, -0.2) is 0 Å². The Labute approximate surface area is 183 Å². The molecule has 0 nitrogen and oxygen atoms in total. The number of hydrogen-bond donors (Lipinski definition) is 0. The van der Waals surface area contributed by atoms with Gasteiger partial charge in [0.05, 0.1) is 0 Å². The molecule has 25 heavy (non-hydrogen) atoms. The van der Waals surface area contributed by atoms with E-state index in [-0.39, 0.29) is 51.0 Å². The van der Waals surface area contributed by atoms with Crippen molar-refractivity contribution in [2.24, 2.45) is 0 Å². The fourth-order valence-electron chi connectivity index (χ4n) is 2.65. The van der Waals surface area contributed by atoms with E-state index in [1.807, 2.05) is 6.07 Å². The Balaban J connectivity index is 0. The van der Waals surface area contributed by atoms with Gasteiger partial charge in [0.2, 0.25) is 0 Å². The maximum Gasteiger partial charge on any atom is 4.00 e. The van der Waals surface area contributed by atoms with Gasteiger partial charge in [0.1, 0.15) is 0 Å². The van der Waals surface area contributed by atoms with Crippen molar-refractivity contribution >= 4 is 0 Å². The van der Waals surface area contributed by atoms with E-state index in [1.165, 1.54) is 27.8 Å². The van der Waals surface area contributed by atoms with E-state index in [0.717, 1.165) is 12.8 Å². The van der Waals surface area contributed by atoms with Crippen molar-refractivity contribution in [2.75, 3.05) is 0 Å². The molecule has 4 rings (SSSR count). The zero-order valence-electron chi connectivity index (χ0n) is 14.4. The molecule has 0 bridgehead atoms. The standard InChI is InChI=1S/C13H9.C7H9.C2H4.2ClH.Zr/c1-3-7-12-10(5-1)9-11-6-2-4-8-13(11)12;1-2-7-5-3-4-6-7;1-2;;;/h1-5,7-8H,9H2;3-6H,2H2,1H3;1-2H2;2*1H;/q2*-1;;;;+4/p-2. The molecule has 0 aromatic heterocycles. The summed E-state index contributed by atoms with van der Waals surface area (Å²) < 4.78 is 0. The Morgan fingerprint density at radius 2 is 1.52 bits per heavy atom. The first-order chi connectivity index (χ1) is 10.9. The summed E-state index contributed by atoms with van der Waals surface area (Å²) in [6, 6.07) is 26.5. The van der Waals surface area contributed by atoms with Crippen LogP contribution in [0.3, 0.4) is 0 Å². The Morgan fingerprint density at radius 3 is 2.12 bits per heavy atom. The number of halogens is 2. The van der Waals surface area contributed by atoms with E-state index >= 15 is 0 Å². The van der Waals surface area contributed by atoms with Crippen LogP contribution < -0.4 is 24.8 Å². The average molecular weight is 449 g/mol. The van der Waals surface area contributed by atoms with Crippen LogP contribution in [0.2, 0.25) is 0 Å². The van der Waals surface area contributed by atoms with Gasteiger partial charge in [-0.15, -0.1) is 18.7 Å². The number of fused-ring (bicyclic) bond motifs is 3. The van der Waals surface area contributed by atoms with Crippen molar-refractivity contribution in [2.45, 2.75) is 19.8 Å². The summed E-state index contributed by atoms with van der Waals surface area (Å²) in [6.07, 6.45) is 2.21. The van der Waals surface area contributed by atoms with Crippen LogP contribution in [0, 0.1) is 6.07 Å². The van der Waals surface area contributed by atoms with Crippen molar-refractivity contribution in [3.8, 4) is 11.1 Å². The predicted octanol–water partition coefficient (Wildman–Crippen LogP) is -0.166. The summed E-state index contributed by atoms with van der Waals surface area (Å²) >= 11 is 0. The van der Waals surface area contributed by atoms with Crippen molar-refractivity contribution in [1.82, 2.24) is 0 Å². The summed E-state index contributed by atoms with van der Waals surface area (Å²) in [6.45, 7) is 8.16. The zero-order chi connectivity index (χ0) is 15.8. The van der Waals surface area contributed by atoms with Gasteiger partial charge in [0.15, 0.2) is 0 Å². The summed E-state index contributed by atoms with van der Waals surface area (Å²) in [5, 5.41) is 0. The van der Waals surface area contributed by atoms with Gasteiger partial charge in [0.25, 0.3) is 0 Å². The molecule has 1 aliphatic rings. The first kappa shape index (κ1) is 26.2. The fraction of sp³-hybridized carbons (Fsp3) is 0.136. The van der Waals surface area contributed by atoms with Crippen LogP contribution in [0.5, 0.6) is 0 Å². The van der Waals surface area contributed by atoms with Crippen LogP contribution in [0.1, 0.15) is 23.6 Å². The van der Waals surface area contributed by atoms with Gasteiger partial charge in [-0.25, -0.2) is 12.1 Å². The Kier molecular flexibility index (Phi) is 14.9. The second-order valence-corrected chi connectivity index (χ2v) is 5.04. The number of rotatable bonds is 1. The minimum absolute atomic E-state index is 0. The van der Waals surface area contributed by atoms with E-state index in [1.54, 1.807) is 0 Å². The molecule has 0 atom stereocenters. The molecule has 0 aliphatic heterocycles. The van der Waals surface area contributed by atoms with Crippen molar-refractivity contribution < 1.29 is 51.0 Å². The van der Waals surface area contributed by atoms with Gasteiger partial charge in [-0.1, -0.05) is 48.7 Å². The van der Waals surface area contributed by atoms with Gasteiger partial charge in [-0.2, -0.15) is 47.5 Å². The molecule has 0 fully saturated rings. The normalized spacial score (nSPS) is 9.16. The second kappa shape index (κ2) is 14.2. The molecule has 0 radical (unpaired) electrons. The third-order valence-corrected chi connectivity index (χ3v) is 3.76. The fourth-order valence-corrected chi connectivity index (χ4v) is 2.65. The topological polar surface area (TPSA) is 0 Å². The van der Waals surface area contributed by atoms with Crippen molar-refractivity contribution in [1.29, 1.82) is 0 Å². The van der Waals surface area contributed by atoms with Crippen molar-refractivity contribution in [3.05, 3.63) is 103 Å². The molecular formula is C22H22Cl2Zr. The molecular weight excluding hydrogens is 426 g/mol. The Hall–Kier alpha value is -1.01. The predicted molar refractivity (Wildman–Crippen MR) is 96.2 cm³/mol. The SMILES string of the molecule is C=C.CC[c-]1cccc1.[Cl-].[Cl-].[Zr+4].[c-]1cccc2c1Cc1ccccc1-2. The zero-order valence-corrected chi connectivity index (χ0v) is 18.4. The molecule has 0 saturated carbocycles. The van der Waals surface area contributed by atoms with Crippen LogP contribution >= 0.6 is 0 Å². The van der Waals surface area contributed by atoms with Crippen LogP contribution in [0.25, 0.3) is 11.1 Å². The van der Waals surface area contributed by atoms with E-state index < -0.39 is 0 Å². The number of hydrogen-bond acceptors (Lipinski definition) is 0. The third kappa shape index (κ3) is 7.02. The quantitative estimate of drug-likeness (QED) is 0.280. The molecule has 1 aliphatic carbocycles. The minimum Gasteiger partial charge on any atom is -1.00 e. The summed E-state index contributed by atoms with van der Waals surface area (Å²) in [7, 11) is 0. The maximum atomic E-state index is 3.30. The Morgan fingerprint density at radius 1 is 0.920 bits per heavy atom. The largest absolute Gasteiger partial charge is 4.00 e.